The van der Waals surface area contributed by atoms with Gasteiger partial charge < -0.3 is 14.8 Å². The molecule has 0 amide bonds. The van der Waals surface area contributed by atoms with Gasteiger partial charge in [0.25, 0.3) is 5.79 Å². The average molecular weight is 392 g/mol. The van der Waals surface area contributed by atoms with Crippen LogP contribution in [0.3, 0.4) is 0 Å². The molecule has 0 saturated heterocycles. The maximum atomic E-state index is 6.22. The Morgan fingerprint density at radius 3 is 2.27 bits per heavy atom. The molecular weight excluding hydrogens is 369 g/mol. The van der Waals surface area contributed by atoms with Crippen molar-refractivity contribution in [2.24, 2.45) is 0 Å². The third-order valence-corrected chi connectivity index (χ3v) is 5.96. The van der Waals surface area contributed by atoms with E-state index >= 15 is 0 Å². The second kappa shape index (κ2) is 7.91. The van der Waals surface area contributed by atoms with Gasteiger partial charge in [0.05, 0.1) is 10.0 Å². The predicted molar refractivity (Wildman–Crippen MR) is 106 cm³/mol. The van der Waals surface area contributed by atoms with Crippen LogP contribution < -0.4 is 5.32 Å². The van der Waals surface area contributed by atoms with Crippen molar-refractivity contribution in [2.75, 3.05) is 7.05 Å². The number of hydrogen-bond acceptors (Lipinski definition) is 3. The van der Waals surface area contributed by atoms with Crippen LogP contribution >= 0.6 is 23.2 Å². The molecule has 0 aliphatic carbocycles. The second-order valence-electron chi connectivity index (χ2n) is 6.44. The molecule has 0 spiro atoms. The quantitative estimate of drug-likeness (QED) is 0.630. The van der Waals surface area contributed by atoms with Gasteiger partial charge in [0.2, 0.25) is 0 Å². The van der Waals surface area contributed by atoms with Gasteiger partial charge in [-0.1, -0.05) is 60.5 Å². The van der Waals surface area contributed by atoms with Gasteiger partial charge in [-0.15, -0.1) is 0 Å². The molecule has 1 atom stereocenters. The summed E-state index contributed by atoms with van der Waals surface area (Å²) in [4.78, 5) is 0. The molecule has 0 aromatic heterocycles. The number of rotatable bonds is 7. The molecule has 5 heteroatoms. The van der Waals surface area contributed by atoms with Crippen molar-refractivity contribution >= 4 is 23.2 Å². The summed E-state index contributed by atoms with van der Waals surface area (Å²) >= 11 is 12.3. The van der Waals surface area contributed by atoms with E-state index in [4.69, 9.17) is 32.7 Å². The molecule has 3 rings (SSSR count). The van der Waals surface area contributed by atoms with Crippen molar-refractivity contribution in [3.63, 3.8) is 0 Å². The lowest BCUT2D eigenvalue weighted by Crippen LogP contribution is -2.41. The molecule has 1 unspecified atom stereocenters. The summed E-state index contributed by atoms with van der Waals surface area (Å²) in [6.45, 7) is 2.18. The van der Waals surface area contributed by atoms with E-state index in [2.05, 4.69) is 36.5 Å². The third kappa shape index (κ3) is 3.57. The first-order valence-corrected chi connectivity index (χ1v) is 9.51. The van der Waals surface area contributed by atoms with E-state index in [1.54, 1.807) is 18.6 Å². The predicted octanol–water partition coefficient (Wildman–Crippen LogP) is 5.97. The van der Waals surface area contributed by atoms with E-state index in [1.165, 1.54) is 5.56 Å². The van der Waals surface area contributed by atoms with Crippen molar-refractivity contribution in [2.45, 2.75) is 37.5 Å². The smallest absolute Gasteiger partial charge is 0.276 e. The van der Waals surface area contributed by atoms with Crippen molar-refractivity contribution in [3.05, 3.63) is 82.2 Å². The van der Waals surface area contributed by atoms with Crippen LogP contribution in [-0.2, 0) is 20.8 Å². The Balaban J connectivity index is 1.89. The van der Waals surface area contributed by atoms with Gasteiger partial charge in [-0.2, -0.15) is 0 Å². The molecule has 138 valence electrons. The molecule has 2 aromatic rings. The Morgan fingerprint density at radius 2 is 1.69 bits per heavy atom. The standard InChI is InChI=1S/C21H23Cl2NO2/c1-3-20(24-2,16-7-5-4-6-8-16)11-12-21(25-13-14-26-21)17-9-10-18(22)19(23)15-17/h4-10,13-15,24H,3,11-12H2,1-2H3. The molecule has 1 aliphatic rings. The molecule has 0 fully saturated rings. The van der Waals surface area contributed by atoms with Crippen LogP contribution in [0.4, 0.5) is 0 Å². The minimum Gasteiger partial charge on any atom is -0.453 e. The van der Waals surface area contributed by atoms with Gasteiger partial charge in [0.1, 0.15) is 12.5 Å². The number of ether oxygens (including phenoxy) is 2. The summed E-state index contributed by atoms with van der Waals surface area (Å²) in [7, 11) is 2.00. The Labute approximate surface area is 164 Å². The van der Waals surface area contributed by atoms with E-state index in [0.717, 1.165) is 18.4 Å². The summed E-state index contributed by atoms with van der Waals surface area (Å²) in [5, 5.41) is 4.52. The Hall–Kier alpha value is -1.68. The van der Waals surface area contributed by atoms with Crippen LogP contribution in [0.25, 0.3) is 0 Å². The first-order chi connectivity index (χ1) is 12.6. The molecule has 0 saturated carbocycles. The van der Waals surface area contributed by atoms with Crippen LogP contribution in [0.15, 0.2) is 61.1 Å². The first-order valence-electron chi connectivity index (χ1n) is 8.76. The largest absolute Gasteiger partial charge is 0.453 e. The fourth-order valence-electron chi connectivity index (χ4n) is 3.54. The van der Waals surface area contributed by atoms with E-state index in [9.17, 15) is 0 Å². The SMILES string of the molecule is CCC(CCC1(c2ccc(Cl)c(Cl)c2)OC=CO1)(NC)c1ccccc1. The monoisotopic (exact) mass is 391 g/mol. The molecule has 3 nitrogen and oxygen atoms in total. The lowest BCUT2D eigenvalue weighted by Gasteiger charge is -2.37. The molecule has 1 N–H and O–H groups in total. The summed E-state index contributed by atoms with van der Waals surface area (Å²) in [5.74, 6) is -0.889. The molecule has 0 radical (unpaired) electrons. The van der Waals surface area contributed by atoms with Crippen LogP contribution in [0.2, 0.25) is 10.0 Å². The summed E-state index contributed by atoms with van der Waals surface area (Å²) in [6.07, 6.45) is 5.59. The minimum absolute atomic E-state index is 0.167. The minimum atomic E-state index is -0.889. The van der Waals surface area contributed by atoms with E-state index in [1.807, 2.05) is 25.2 Å². The third-order valence-electron chi connectivity index (χ3n) is 5.22. The first kappa shape index (κ1) is 19.1. The van der Waals surface area contributed by atoms with Crippen LogP contribution in [0, 0.1) is 0 Å². The lowest BCUT2D eigenvalue weighted by atomic mass is 9.81. The van der Waals surface area contributed by atoms with Crippen molar-refractivity contribution in [1.82, 2.24) is 5.32 Å². The van der Waals surface area contributed by atoms with Gasteiger partial charge in [0.15, 0.2) is 0 Å². The average Bonchev–Trinajstić information content (AvgIpc) is 3.16. The van der Waals surface area contributed by atoms with Crippen LogP contribution in [0.1, 0.15) is 37.3 Å². The molecule has 2 aromatic carbocycles. The van der Waals surface area contributed by atoms with Gasteiger partial charge in [-0.25, -0.2) is 0 Å². The normalized spacial score (nSPS) is 17.4. The zero-order valence-electron chi connectivity index (χ0n) is 15.0. The maximum Gasteiger partial charge on any atom is 0.276 e. The number of nitrogens with one attached hydrogen (secondary N) is 1. The van der Waals surface area contributed by atoms with Crippen LogP contribution in [0.5, 0.6) is 0 Å². The fraction of sp³-hybridized carbons (Fsp3) is 0.333. The summed E-state index contributed by atoms with van der Waals surface area (Å²) in [5.41, 5.74) is 1.94. The molecule has 1 heterocycles. The Morgan fingerprint density at radius 1 is 1.00 bits per heavy atom. The van der Waals surface area contributed by atoms with Crippen molar-refractivity contribution in [3.8, 4) is 0 Å². The molecular formula is C21H23Cl2NO2. The molecule has 1 aliphatic heterocycles. The molecule has 0 bridgehead atoms. The van der Waals surface area contributed by atoms with Crippen molar-refractivity contribution in [1.29, 1.82) is 0 Å². The number of benzene rings is 2. The van der Waals surface area contributed by atoms with E-state index in [-0.39, 0.29) is 5.54 Å². The van der Waals surface area contributed by atoms with Gasteiger partial charge in [-0.05, 0) is 43.7 Å². The van der Waals surface area contributed by atoms with Gasteiger partial charge in [0, 0.05) is 17.5 Å². The summed E-state index contributed by atoms with van der Waals surface area (Å²) in [6, 6.07) is 16.0. The Kier molecular flexibility index (Phi) is 5.81. The Bertz CT molecular complexity index is 765. The maximum absolute atomic E-state index is 6.22. The highest BCUT2D eigenvalue weighted by Gasteiger charge is 2.41. The topological polar surface area (TPSA) is 30.5 Å². The summed E-state index contributed by atoms with van der Waals surface area (Å²) < 4.78 is 11.8. The van der Waals surface area contributed by atoms with Gasteiger partial charge in [-0.3, -0.25) is 0 Å². The highest BCUT2D eigenvalue weighted by molar-refractivity contribution is 6.42. The number of halogens is 2. The van der Waals surface area contributed by atoms with E-state index < -0.39 is 5.79 Å². The van der Waals surface area contributed by atoms with E-state index in [0.29, 0.717) is 16.5 Å². The van der Waals surface area contributed by atoms with Crippen molar-refractivity contribution < 1.29 is 9.47 Å². The second-order valence-corrected chi connectivity index (χ2v) is 7.26. The highest BCUT2D eigenvalue weighted by Crippen LogP contribution is 2.42. The molecule has 26 heavy (non-hydrogen) atoms. The number of hydrogen-bond donors (Lipinski definition) is 1. The van der Waals surface area contributed by atoms with Crippen LogP contribution in [-0.4, -0.2) is 7.05 Å². The lowest BCUT2D eigenvalue weighted by molar-refractivity contribution is -0.159. The highest BCUT2D eigenvalue weighted by atomic mass is 35.5. The fourth-order valence-corrected chi connectivity index (χ4v) is 3.84. The zero-order chi connectivity index (χ0) is 18.6. The zero-order valence-corrected chi connectivity index (χ0v) is 16.5. The van der Waals surface area contributed by atoms with Gasteiger partial charge >= 0.3 is 0 Å².